The first-order valence-electron chi connectivity index (χ1n) is 11.0. The van der Waals surface area contributed by atoms with Crippen LogP contribution in [0.25, 0.3) is 0 Å². The fourth-order valence-corrected chi connectivity index (χ4v) is 3.88. The van der Waals surface area contributed by atoms with E-state index in [1.54, 1.807) is 0 Å². The van der Waals surface area contributed by atoms with Crippen molar-refractivity contribution >= 4 is 11.8 Å². The molecule has 0 bridgehead atoms. The maximum atomic E-state index is 13.0. The van der Waals surface area contributed by atoms with E-state index in [0.717, 1.165) is 22.3 Å². The summed E-state index contributed by atoms with van der Waals surface area (Å²) in [7, 11) is 0. The van der Waals surface area contributed by atoms with Gasteiger partial charge in [0.15, 0.2) is 12.6 Å². The summed E-state index contributed by atoms with van der Waals surface area (Å²) < 4.78 is 16.7. The molecule has 0 radical (unpaired) electrons. The molecule has 5 nitrogen and oxygen atoms in total. The first-order chi connectivity index (χ1) is 14.8. The summed E-state index contributed by atoms with van der Waals surface area (Å²) in [5.74, 6) is 0.562. The molecule has 172 valence electrons. The molecule has 0 fully saturated rings. The normalized spacial score (nSPS) is 16.0. The minimum atomic E-state index is -0.477. The summed E-state index contributed by atoms with van der Waals surface area (Å²) in [5.41, 5.74) is 4.70. The Hall–Kier alpha value is -2.66. The Morgan fingerprint density at radius 2 is 1.72 bits per heavy atom. The Bertz CT molecular complexity index is 1040. The Morgan fingerprint density at radius 3 is 2.28 bits per heavy atom. The van der Waals surface area contributed by atoms with E-state index in [1.807, 2.05) is 25.1 Å². The lowest BCUT2D eigenvalue weighted by molar-refractivity contribution is -0.133. The van der Waals surface area contributed by atoms with Gasteiger partial charge in [-0.05, 0) is 47.4 Å². The third-order valence-corrected chi connectivity index (χ3v) is 5.68. The maximum absolute atomic E-state index is 13.0. The highest BCUT2D eigenvalue weighted by atomic mass is 16.7. The Kier molecular flexibility index (Phi) is 6.52. The Balaban J connectivity index is 1.98. The molecule has 0 saturated heterocycles. The largest absolute Gasteiger partial charge is 0.467 e. The van der Waals surface area contributed by atoms with E-state index in [4.69, 9.17) is 14.2 Å². The highest BCUT2D eigenvalue weighted by Crippen LogP contribution is 2.47. The number of hydrogen-bond donors (Lipinski definition) is 0. The van der Waals surface area contributed by atoms with E-state index in [1.165, 1.54) is 12.5 Å². The average Bonchev–Trinajstić information content (AvgIpc) is 2.99. The first-order valence-corrected chi connectivity index (χ1v) is 11.0. The summed E-state index contributed by atoms with van der Waals surface area (Å²) >= 11 is 0. The average molecular weight is 439 g/mol. The lowest BCUT2D eigenvalue weighted by Crippen LogP contribution is -2.17. The smallest absolute Gasteiger partial charge is 0.323 e. The third-order valence-electron chi connectivity index (χ3n) is 5.68. The summed E-state index contributed by atoms with van der Waals surface area (Å²) in [5, 5.41) is 0. The molecule has 2 aromatic carbocycles. The molecule has 5 heteroatoms. The Morgan fingerprint density at radius 1 is 1.03 bits per heavy atom. The SMILES string of the molecule is CC(=O)COCOc1ccc(C2C(=O)Oc3c2cc(C(C)(C)C)cc3C(C)(C)C)cc1C. The van der Waals surface area contributed by atoms with Crippen molar-refractivity contribution in [2.75, 3.05) is 13.4 Å². The number of benzene rings is 2. The van der Waals surface area contributed by atoms with Gasteiger partial charge in [-0.2, -0.15) is 0 Å². The fraction of sp³-hybridized carbons (Fsp3) is 0.481. The van der Waals surface area contributed by atoms with Crippen molar-refractivity contribution < 1.29 is 23.8 Å². The molecule has 0 N–H and O–H groups in total. The molecule has 1 aliphatic heterocycles. The first kappa shape index (κ1) is 24.0. The van der Waals surface area contributed by atoms with E-state index in [0.29, 0.717) is 11.5 Å². The second kappa shape index (κ2) is 8.70. The van der Waals surface area contributed by atoms with Crippen LogP contribution >= 0.6 is 0 Å². The number of carbonyl (C=O) groups is 2. The maximum Gasteiger partial charge on any atom is 0.323 e. The summed E-state index contributed by atoms with van der Waals surface area (Å²) in [6.45, 7) is 16.4. The van der Waals surface area contributed by atoms with E-state index >= 15 is 0 Å². The van der Waals surface area contributed by atoms with Crippen LogP contribution in [-0.2, 0) is 25.2 Å². The quantitative estimate of drug-likeness (QED) is 0.255. The molecule has 0 amide bonds. The number of ether oxygens (including phenoxy) is 3. The van der Waals surface area contributed by atoms with E-state index in [-0.39, 0.29) is 36.0 Å². The fourth-order valence-electron chi connectivity index (χ4n) is 3.88. The number of esters is 1. The standard InChI is InChI=1S/C27H34O5/c1-16-11-18(9-10-22(16)31-15-30-14-17(2)28)23-20-12-19(26(3,4)5)13-21(27(6,7)8)24(20)32-25(23)29/h9-13,23H,14-15H2,1-8H3. The molecular weight excluding hydrogens is 404 g/mol. The summed E-state index contributed by atoms with van der Waals surface area (Å²) in [4.78, 5) is 24.0. The monoisotopic (exact) mass is 438 g/mol. The third kappa shape index (κ3) is 5.04. The Labute approximate surface area is 191 Å². The van der Waals surface area contributed by atoms with Gasteiger partial charge < -0.3 is 14.2 Å². The zero-order chi connectivity index (χ0) is 23.8. The zero-order valence-electron chi connectivity index (χ0n) is 20.4. The van der Waals surface area contributed by atoms with Crippen molar-refractivity contribution in [2.24, 2.45) is 0 Å². The van der Waals surface area contributed by atoms with Crippen LogP contribution in [0.2, 0.25) is 0 Å². The number of hydrogen-bond acceptors (Lipinski definition) is 5. The lowest BCUT2D eigenvalue weighted by atomic mass is 9.77. The lowest BCUT2D eigenvalue weighted by Gasteiger charge is -2.27. The van der Waals surface area contributed by atoms with Gasteiger partial charge in [0.05, 0.1) is 0 Å². The van der Waals surface area contributed by atoms with Crippen LogP contribution in [0.4, 0.5) is 0 Å². The van der Waals surface area contributed by atoms with Crippen molar-refractivity contribution in [3.63, 3.8) is 0 Å². The molecule has 0 saturated carbocycles. The molecule has 1 atom stereocenters. The van der Waals surface area contributed by atoms with Gasteiger partial charge in [0.2, 0.25) is 0 Å². The van der Waals surface area contributed by atoms with Crippen LogP contribution < -0.4 is 9.47 Å². The van der Waals surface area contributed by atoms with Crippen LogP contribution in [0.1, 0.15) is 82.2 Å². The van der Waals surface area contributed by atoms with Crippen molar-refractivity contribution in [3.05, 3.63) is 58.1 Å². The highest BCUT2D eigenvalue weighted by Gasteiger charge is 2.39. The van der Waals surface area contributed by atoms with Crippen molar-refractivity contribution in [3.8, 4) is 11.5 Å². The molecule has 1 aliphatic rings. The molecule has 3 rings (SSSR count). The van der Waals surface area contributed by atoms with Crippen LogP contribution in [0.3, 0.4) is 0 Å². The van der Waals surface area contributed by atoms with Gasteiger partial charge in [0.25, 0.3) is 0 Å². The molecule has 32 heavy (non-hydrogen) atoms. The topological polar surface area (TPSA) is 61.8 Å². The highest BCUT2D eigenvalue weighted by molar-refractivity contribution is 5.90. The predicted octanol–water partition coefficient (Wildman–Crippen LogP) is 5.58. The van der Waals surface area contributed by atoms with Crippen LogP contribution in [0.5, 0.6) is 11.5 Å². The van der Waals surface area contributed by atoms with E-state index in [2.05, 4.69) is 53.7 Å². The second-order valence-corrected chi connectivity index (χ2v) is 10.6. The molecule has 1 unspecified atom stereocenters. The van der Waals surface area contributed by atoms with Gasteiger partial charge >= 0.3 is 5.97 Å². The summed E-state index contributed by atoms with van der Waals surface area (Å²) in [6, 6.07) is 10.00. The van der Waals surface area contributed by atoms with E-state index in [9.17, 15) is 9.59 Å². The minimum absolute atomic E-state index is 0.00203. The molecular formula is C27H34O5. The zero-order valence-corrected chi connectivity index (χ0v) is 20.4. The summed E-state index contributed by atoms with van der Waals surface area (Å²) in [6.07, 6.45) is 0. The second-order valence-electron chi connectivity index (χ2n) is 10.6. The van der Waals surface area contributed by atoms with Crippen molar-refractivity contribution in [1.29, 1.82) is 0 Å². The van der Waals surface area contributed by atoms with Gasteiger partial charge in [-0.15, -0.1) is 0 Å². The van der Waals surface area contributed by atoms with Gasteiger partial charge in [0, 0.05) is 11.1 Å². The number of Topliss-reactive ketones (excluding diaryl/α,β-unsaturated/α-hetero) is 1. The van der Waals surface area contributed by atoms with Crippen molar-refractivity contribution in [1.82, 2.24) is 0 Å². The molecule has 2 aromatic rings. The molecule has 1 heterocycles. The number of aryl methyl sites for hydroxylation is 1. The van der Waals surface area contributed by atoms with Gasteiger partial charge in [-0.25, -0.2) is 0 Å². The molecule has 0 aliphatic carbocycles. The van der Waals surface area contributed by atoms with Crippen LogP contribution in [0, 0.1) is 6.92 Å². The van der Waals surface area contributed by atoms with E-state index < -0.39 is 5.92 Å². The number of carbonyl (C=O) groups excluding carboxylic acids is 2. The number of ketones is 1. The minimum Gasteiger partial charge on any atom is -0.467 e. The molecule has 0 aromatic heterocycles. The van der Waals surface area contributed by atoms with Crippen LogP contribution in [-0.4, -0.2) is 25.2 Å². The van der Waals surface area contributed by atoms with Crippen molar-refractivity contribution in [2.45, 2.75) is 72.1 Å². The van der Waals surface area contributed by atoms with Crippen LogP contribution in [0.15, 0.2) is 30.3 Å². The van der Waals surface area contributed by atoms with Gasteiger partial charge in [-0.3, -0.25) is 9.59 Å². The number of rotatable bonds is 6. The van der Waals surface area contributed by atoms with Gasteiger partial charge in [0.1, 0.15) is 24.0 Å². The van der Waals surface area contributed by atoms with Gasteiger partial charge in [-0.1, -0.05) is 65.8 Å². The number of fused-ring (bicyclic) bond motifs is 1. The predicted molar refractivity (Wildman–Crippen MR) is 125 cm³/mol. The molecule has 0 spiro atoms.